The van der Waals surface area contributed by atoms with Crippen molar-refractivity contribution in [2.75, 3.05) is 30.9 Å². The van der Waals surface area contributed by atoms with Crippen LogP contribution in [0.5, 0.6) is 0 Å². The van der Waals surface area contributed by atoms with Gasteiger partial charge in [-0.3, -0.25) is 9.20 Å². The van der Waals surface area contributed by atoms with Crippen molar-refractivity contribution in [3.63, 3.8) is 0 Å². The van der Waals surface area contributed by atoms with Crippen LogP contribution >= 0.6 is 0 Å². The topological polar surface area (TPSA) is 87.6 Å². The molecule has 8 heteroatoms. The van der Waals surface area contributed by atoms with Crippen LogP contribution in [0.25, 0.3) is 0 Å². The minimum absolute atomic E-state index is 0.0117. The summed E-state index contributed by atoms with van der Waals surface area (Å²) in [6.07, 6.45) is 1.75. The standard InChI is InChI=1S/C17H29N3O3S2/c1-4-18-17(20-15(2)10-13-25(3,22)23)19-11-12-24(21)14-16-8-6-5-7-9-16/h5-9,15H,4,10-14H2,1-3H3,(H2,18,19,20). The van der Waals surface area contributed by atoms with E-state index in [2.05, 4.69) is 15.6 Å². The zero-order chi connectivity index (χ0) is 18.7. The highest BCUT2D eigenvalue weighted by molar-refractivity contribution is 7.90. The number of nitrogens with one attached hydrogen (secondary N) is 2. The van der Waals surface area contributed by atoms with Gasteiger partial charge < -0.3 is 10.6 Å². The van der Waals surface area contributed by atoms with Gasteiger partial charge in [-0.15, -0.1) is 0 Å². The highest BCUT2D eigenvalue weighted by Crippen LogP contribution is 2.03. The molecule has 2 N–H and O–H groups in total. The van der Waals surface area contributed by atoms with Gasteiger partial charge in [0.05, 0.1) is 12.3 Å². The van der Waals surface area contributed by atoms with Crippen molar-refractivity contribution < 1.29 is 12.6 Å². The Morgan fingerprint density at radius 3 is 2.56 bits per heavy atom. The van der Waals surface area contributed by atoms with Crippen molar-refractivity contribution >= 4 is 26.6 Å². The summed E-state index contributed by atoms with van der Waals surface area (Å²) >= 11 is 0. The van der Waals surface area contributed by atoms with Crippen LogP contribution in [-0.2, 0) is 26.4 Å². The minimum atomic E-state index is -2.97. The number of nitrogens with zero attached hydrogens (tertiary/aromatic N) is 1. The smallest absolute Gasteiger partial charge is 0.191 e. The summed E-state index contributed by atoms with van der Waals surface area (Å²) in [6, 6.07) is 9.75. The fraction of sp³-hybridized carbons (Fsp3) is 0.588. The van der Waals surface area contributed by atoms with E-state index in [1.807, 2.05) is 44.2 Å². The lowest BCUT2D eigenvalue weighted by Gasteiger charge is -2.17. The minimum Gasteiger partial charge on any atom is -0.357 e. The Bertz CT molecular complexity index is 661. The van der Waals surface area contributed by atoms with Crippen LogP contribution < -0.4 is 10.6 Å². The molecule has 2 unspecified atom stereocenters. The Labute approximate surface area is 153 Å². The molecule has 0 aliphatic heterocycles. The first kappa shape index (κ1) is 21.6. The maximum absolute atomic E-state index is 12.1. The van der Waals surface area contributed by atoms with Gasteiger partial charge in [-0.05, 0) is 25.8 Å². The number of benzene rings is 1. The average Bonchev–Trinajstić information content (AvgIpc) is 2.53. The summed E-state index contributed by atoms with van der Waals surface area (Å²) in [4.78, 5) is 4.43. The van der Waals surface area contributed by atoms with E-state index in [4.69, 9.17) is 0 Å². The van der Waals surface area contributed by atoms with Gasteiger partial charge in [-0.1, -0.05) is 30.3 Å². The van der Waals surface area contributed by atoms with Crippen LogP contribution in [-0.4, -0.2) is 55.5 Å². The van der Waals surface area contributed by atoms with Crippen molar-refractivity contribution in [2.45, 2.75) is 32.1 Å². The maximum Gasteiger partial charge on any atom is 0.191 e. The van der Waals surface area contributed by atoms with E-state index in [1.54, 1.807) is 0 Å². The van der Waals surface area contributed by atoms with Crippen molar-refractivity contribution in [3.8, 4) is 0 Å². The monoisotopic (exact) mass is 387 g/mol. The van der Waals surface area contributed by atoms with Gasteiger partial charge in [0.25, 0.3) is 0 Å². The lowest BCUT2D eigenvalue weighted by molar-refractivity contribution is 0.581. The zero-order valence-electron chi connectivity index (χ0n) is 15.2. The second-order valence-corrected chi connectivity index (χ2v) is 9.83. The van der Waals surface area contributed by atoms with Crippen LogP contribution in [0.4, 0.5) is 0 Å². The zero-order valence-corrected chi connectivity index (χ0v) is 16.8. The van der Waals surface area contributed by atoms with E-state index in [1.165, 1.54) is 6.26 Å². The lowest BCUT2D eigenvalue weighted by Crippen LogP contribution is -2.43. The summed E-state index contributed by atoms with van der Waals surface area (Å²) in [5.74, 6) is 1.79. The molecule has 0 aliphatic rings. The molecule has 0 bridgehead atoms. The average molecular weight is 388 g/mol. The number of guanidine groups is 1. The van der Waals surface area contributed by atoms with E-state index in [0.717, 1.165) is 5.56 Å². The maximum atomic E-state index is 12.1. The Kier molecular flexibility index (Phi) is 9.74. The predicted octanol–water partition coefficient (Wildman–Crippen LogP) is 1.31. The normalized spacial score (nSPS) is 14.8. The van der Waals surface area contributed by atoms with Crippen molar-refractivity contribution in [1.82, 2.24) is 10.6 Å². The van der Waals surface area contributed by atoms with Crippen molar-refractivity contribution in [1.29, 1.82) is 0 Å². The number of hydrogen-bond acceptors (Lipinski definition) is 4. The Balaban J connectivity index is 2.44. The van der Waals surface area contributed by atoms with E-state index in [0.29, 0.717) is 37.0 Å². The molecule has 25 heavy (non-hydrogen) atoms. The first-order valence-electron chi connectivity index (χ1n) is 8.41. The summed E-state index contributed by atoms with van der Waals surface area (Å²) in [6.45, 7) is 5.04. The van der Waals surface area contributed by atoms with Crippen LogP contribution in [0, 0.1) is 0 Å². The third-order valence-electron chi connectivity index (χ3n) is 3.41. The quantitative estimate of drug-likeness (QED) is 0.467. The van der Waals surface area contributed by atoms with Crippen molar-refractivity contribution in [2.24, 2.45) is 4.99 Å². The van der Waals surface area contributed by atoms with E-state index < -0.39 is 20.6 Å². The molecule has 142 valence electrons. The van der Waals surface area contributed by atoms with Gasteiger partial charge in [0.1, 0.15) is 9.84 Å². The summed E-state index contributed by atoms with van der Waals surface area (Å²) in [5, 5.41) is 6.31. The fourth-order valence-corrected chi connectivity index (χ4v) is 3.89. The Morgan fingerprint density at radius 1 is 1.28 bits per heavy atom. The molecule has 0 fully saturated rings. The second kappa shape index (κ2) is 11.3. The fourth-order valence-electron chi connectivity index (χ4n) is 2.11. The molecule has 2 atom stereocenters. The Hall–Kier alpha value is -1.41. The van der Waals surface area contributed by atoms with Gasteiger partial charge >= 0.3 is 0 Å². The van der Waals surface area contributed by atoms with E-state index in [9.17, 15) is 12.6 Å². The highest BCUT2D eigenvalue weighted by Gasteiger charge is 2.09. The largest absolute Gasteiger partial charge is 0.357 e. The first-order valence-corrected chi connectivity index (χ1v) is 12.0. The molecule has 1 aromatic rings. The van der Waals surface area contributed by atoms with Gasteiger partial charge in [0.15, 0.2) is 5.96 Å². The summed E-state index contributed by atoms with van der Waals surface area (Å²) in [7, 11) is -3.93. The van der Waals surface area contributed by atoms with Crippen LogP contribution in [0.3, 0.4) is 0 Å². The molecule has 1 aromatic carbocycles. The molecule has 0 saturated carbocycles. The summed E-state index contributed by atoms with van der Waals surface area (Å²) < 4.78 is 34.6. The number of aliphatic imine (C=N–C) groups is 1. The second-order valence-electron chi connectivity index (χ2n) is 6.00. The molecule has 0 aliphatic carbocycles. The molecule has 0 heterocycles. The first-order chi connectivity index (χ1) is 11.8. The lowest BCUT2D eigenvalue weighted by atomic mass is 10.2. The van der Waals surface area contributed by atoms with Gasteiger partial charge in [-0.25, -0.2) is 8.42 Å². The molecule has 0 amide bonds. The van der Waals surface area contributed by atoms with Gasteiger partial charge in [0.2, 0.25) is 0 Å². The molecular formula is C17H29N3O3S2. The number of rotatable bonds is 10. The van der Waals surface area contributed by atoms with E-state index >= 15 is 0 Å². The molecule has 0 aromatic heterocycles. The molecule has 0 spiro atoms. The number of sulfone groups is 1. The number of hydrogen-bond donors (Lipinski definition) is 2. The van der Waals surface area contributed by atoms with Gasteiger partial charge in [-0.2, -0.15) is 0 Å². The van der Waals surface area contributed by atoms with Crippen LogP contribution in [0.1, 0.15) is 25.8 Å². The third-order valence-corrected chi connectivity index (χ3v) is 5.68. The molecular weight excluding hydrogens is 358 g/mol. The Morgan fingerprint density at radius 2 is 1.96 bits per heavy atom. The van der Waals surface area contributed by atoms with Crippen LogP contribution in [0.2, 0.25) is 0 Å². The molecule has 0 radical (unpaired) electrons. The molecule has 1 rings (SSSR count). The molecule has 0 saturated heterocycles. The predicted molar refractivity (Wildman–Crippen MR) is 106 cm³/mol. The van der Waals surface area contributed by atoms with Crippen LogP contribution in [0.15, 0.2) is 35.3 Å². The van der Waals surface area contributed by atoms with E-state index in [-0.39, 0.29) is 11.8 Å². The van der Waals surface area contributed by atoms with Crippen molar-refractivity contribution in [3.05, 3.63) is 35.9 Å². The van der Waals surface area contributed by atoms with Gasteiger partial charge in [0, 0.05) is 41.1 Å². The summed E-state index contributed by atoms with van der Waals surface area (Å²) in [5.41, 5.74) is 1.06. The highest BCUT2D eigenvalue weighted by atomic mass is 32.2. The SMILES string of the molecule is CCNC(=NCCS(=O)Cc1ccccc1)NC(C)CCS(C)(=O)=O. The third kappa shape index (κ3) is 10.9. The molecule has 6 nitrogen and oxygen atoms in total.